The van der Waals surface area contributed by atoms with Gasteiger partial charge < -0.3 is 10.2 Å². The molecular formula is C19H24F7N3O4S. The van der Waals surface area contributed by atoms with Gasteiger partial charge in [0.2, 0.25) is 0 Å². The van der Waals surface area contributed by atoms with E-state index in [9.17, 15) is 30.7 Å². The van der Waals surface area contributed by atoms with Crippen molar-refractivity contribution in [1.82, 2.24) is 14.8 Å². The number of piperidine rings is 1. The number of aromatic nitrogens is 1. The zero-order valence-electron chi connectivity index (χ0n) is 17.8. The fraction of sp³-hybridized carbons (Fsp3) is 0.632. The molecule has 194 valence electrons. The molecule has 0 spiro atoms. The van der Waals surface area contributed by atoms with E-state index in [-0.39, 0.29) is 5.82 Å². The lowest BCUT2D eigenvalue weighted by atomic mass is 10.0. The monoisotopic (exact) mass is 523 g/mol. The first-order valence-corrected chi connectivity index (χ1v) is 11.1. The van der Waals surface area contributed by atoms with Gasteiger partial charge in [-0.3, -0.25) is 14.8 Å². The molecule has 0 atom stereocenters. The van der Waals surface area contributed by atoms with Gasteiger partial charge >= 0.3 is 24.3 Å². The molecule has 0 saturated carbocycles. The molecule has 0 unspecified atom stereocenters. The summed E-state index contributed by atoms with van der Waals surface area (Å²) in [4.78, 5) is 26.6. The van der Waals surface area contributed by atoms with Crippen LogP contribution >= 0.6 is 11.8 Å². The van der Waals surface area contributed by atoms with Crippen LogP contribution in [0.5, 0.6) is 0 Å². The van der Waals surface area contributed by atoms with Crippen LogP contribution in [-0.2, 0) is 16.1 Å². The minimum Gasteiger partial charge on any atom is -0.475 e. The van der Waals surface area contributed by atoms with Gasteiger partial charge in [0.25, 0.3) is 0 Å². The first-order chi connectivity index (χ1) is 15.7. The molecule has 15 heteroatoms. The summed E-state index contributed by atoms with van der Waals surface area (Å²) in [6.07, 6.45) is -4.74. The highest BCUT2D eigenvalue weighted by atomic mass is 32.2. The van der Waals surface area contributed by atoms with Gasteiger partial charge in [-0.15, -0.1) is 0 Å². The molecule has 1 aromatic heterocycles. The van der Waals surface area contributed by atoms with Crippen LogP contribution in [0.1, 0.15) is 18.4 Å². The molecule has 0 bridgehead atoms. The lowest BCUT2D eigenvalue weighted by Crippen LogP contribution is -2.47. The smallest absolute Gasteiger partial charge is 0.475 e. The third kappa shape index (κ3) is 11.3. The van der Waals surface area contributed by atoms with Crippen LogP contribution in [0.25, 0.3) is 0 Å². The van der Waals surface area contributed by atoms with Gasteiger partial charge in [-0.05, 0) is 32.0 Å². The Balaban J connectivity index is 0.000000343. The van der Waals surface area contributed by atoms with Crippen LogP contribution in [0.3, 0.4) is 0 Å². The van der Waals surface area contributed by atoms with Crippen molar-refractivity contribution in [2.24, 2.45) is 0 Å². The number of carbonyl (C=O) groups is 2. The average Bonchev–Trinajstić information content (AvgIpc) is 2.76. The van der Waals surface area contributed by atoms with E-state index in [1.807, 2.05) is 0 Å². The highest BCUT2D eigenvalue weighted by Crippen LogP contribution is 2.22. The van der Waals surface area contributed by atoms with Crippen molar-refractivity contribution in [3.05, 3.63) is 29.8 Å². The van der Waals surface area contributed by atoms with Crippen molar-refractivity contribution < 1.29 is 50.5 Å². The van der Waals surface area contributed by atoms with Crippen molar-refractivity contribution in [2.75, 3.05) is 37.7 Å². The van der Waals surface area contributed by atoms with Gasteiger partial charge in [-0.2, -0.15) is 38.1 Å². The first kappa shape index (κ1) is 29.9. The predicted octanol–water partition coefficient (Wildman–Crippen LogP) is 3.50. The summed E-state index contributed by atoms with van der Waals surface area (Å²) in [5, 5.41) is 14.2. The normalized spacial score (nSPS) is 18.2. The van der Waals surface area contributed by atoms with Crippen LogP contribution < -0.4 is 0 Å². The third-order valence-electron chi connectivity index (χ3n) is 4.85. The third-order valence-corrected chi connectivity index (χ3v) is 5.80. The van der Waals surface area contributed by atoms with E-state index < -0.39 is 24.3 Å². The SMILES string of the molecule is Fc1cnccc1CN1CCC(N2CCSCC2)CC1.O=C(O)C(F)(F)F.O=C(O)C(F)(F)F. The number of alkyl halides is 6. The van der Waals surface area contributed by atoms with Crippen LogP contribution in [0.2, 0.25) is 0 Å². The van der Waals surface area contributed by atoms with Crippen molar-refractivity contribution >= 4 is 23.7 Å². The Morgan fingerprint density at radius 2 is 1.44 bits per heavy atom. The molecule has 0 aliphatic carbocycles. The number of hydrogen-bond donors (Lipinski definition) is 2. The maximum atomic E-state index is 13.6. The molecule has 3 heterocycles. The summed E-state index contributed by atoms with van der Waals surface area (Å²) in [7, 11) is 0. The molecule has 2 N–H and O–H groups in total. The van der Waals surface area contributed by atoms with Crippen molar-refractivity contribution in [2.45, 2.75) is 37.8 Å². The van der Waals surface area contributed by atoms with E-state index >= 15 is 0 Å². The van der Waals surface area contributed by atoms with E-state index in [4.69, 9.17) is 19.8 Å². The molecule has 2 saturated heterocycles. The standard InChI is InChI=1S/C15H22FN3S.2C2HF3O2/c16-15-11-17-4-1-13(15)12-18-5-2-14(3-6-18)19-7-9-20-10-8-19;2*3-2(4,5)1(6)7/h1,4,11,14H,2-3,5-10,12H2;2*(H,6,7). The molecule has 34 heavy (non-hydrogen) atoms. The zero-order valence-corrected chi connectivity index (χ0v) is 18.6. The number of nitrogens with zero attached hydrogens (tertiary/aromatic N) is 3. The maximum absolute atomic E-state index is 13.6. The molecule has 0 amide bonds. The Kier molecular flexibility index (Phi) is 12.0. The Morgan fingerprint density at radius 3 is 1.85 bits per heavy atom. The fourth-order valence-electron chi connectivity index (χ4n) is 3.16. The number of halogens is 7. The van der Waals surface area contributed by atoms with E-state index in [1.54, 1.807) is 12.3 Å². The quantitative estimate of drug-likeness (QED) is 0.582. The number of carboxylic acids is 2. The Bertz CT molecular complexity index is 758. The summed E-state index contributed by atoms with van der Waals surface area (Å²) in [5.41, 5.74) is 0.771. The molecule has 7 nitrogen and oxygen atoms in total. The van der Waals surface area contributed by atoms with Crippen molar-refractivity contribution in [3.8, 4) is 0 Å². The Labute approximate surface area is 194 Å². The lowest BCUT2D eigenvalue weighted by Gasteiger charge is -2.40. The van der Waals surface area contributed by atoms with Gasteiger partial charge in [0.15, 0.2) is 0 Å². The van der Waals surface area contributed by atoms with Gasteiger partial charge in [-0.25, -0.2) is 14.0 Å². The zero-order chi connectivity index (χ0) is 25.9. The van der Waals surface area contributed by atoms with Crippen LogP contribution in [-0.4, -0.2) is 93.0 Å². The highest BCUT2D eigenvalue weighted by molar-refractivity contribution is 7.99. The second-order valence-electron chi connectivity index (χ2n) is 7.23. The first-order valence-electron chi connectivity index (χ1n) is 9.94. The number of rotatable bonds is 3. The second kappa shape index (κ2) is 13.7. The van der Waals surface area contributed by atoms with Crippen molar-refractivity contribution in [1.29, 1.82) is 0 Å². The van der Waals surface area contributed by atoms with Crippen LogP contribution in [0.15, 0.2) is 18.5 Å². The van der Waals surface area contributed by atoms with E-state index in [0.29, 0.717) is 0 Å². The predicted molar refractivity (Wildman–Crippen MR) is 109 cm³/mol. The molecule has 1 aromatic rings. The maximum Gasteiger partial charge on any atom is 0.490 e. The summed E-state index contributed by atoms with van der Waals surface area (Å²) >= 11 is 2.07. The Morgan fingerprint density at radius 1 is 0.971 bits per heavy atom. The average molecular weight is 523 g/mol. The number of aliphatic carboxylic acids is 2. The minimum absolute atomic E-state index is 0.178. The molecule has 2 aliphatic rings. The van der Waals surface area contributed by atoms with E-state index in [2.05, 4.69) is 26.5 Å². The topological polar surface area (TPSA) is 94.0 Å². The lowest BCUT2D eigenvalue weighted by molar-refractivity contribution is -0.193. The fourth-order valence-corrected chi connectivity index (χ4v) is 4.09. The number of pyridine rings is 1. The van der Waals surface area contributed by atoms with Crippen LogP contribution in [0.4, 0.5) is 30.7 Å². The molecule has 2 aliphatic heterocycles. The van der Waals surface area contributed by atoms with Gasteiger partial charge in [-0.1, -0.05) is 0 Å². The number of thioether (sulfide) groups is 1. The largest absolute Gasteiger partial charge is 0.490 e. The summed E-state index contributed by atoms with van der Waals surface area (Å²) in [5.74, 6) is -3.13. The molecule has 2 fully saturated rings. The van der Waals surface area contributed by atoms with Crippen LogP contribution in [0, 0.1) is 5.82 Å². The second-order valence-corrected chi connectivity index (χ2v) is 8.45. The summed E-state index contributed by atoms with van der Waals surface area (Å²) in [6.45, 7) is 5.37. The molecular weight excluding hydrogens is 499 g/mol. The molecule has 0 radical (unpaired) electrons. The summed E-state index contributed by atoms with van der Waals surface area (Å²) in [6, 6.07) is 2.54. The molecule has 0 aromatic carbocycles. The Hall–Kier alpha value is -2.13. The summed E-state index contributed by atoms with van der Waals surface area (Å²) < 4.78 is 77.1. The number of carboxylic acid groups (broad SMARTS) is 2. The van der Waals surface area contributed by atoms with Gasteiger partial charge in [0, 0.05) is 48.9 Å². The highest BCUT2D eigenvalue weighted by Gasteiger charge is 2.38. The van der Waals surface area contributed by atoms with Gasteiger partial charge in [0.05, 0.1) is 6.20 Å². The molecule has 3 rings (SSSR count). The van der Waals surface area contributed by atoms with Gasteiger partial charge in [0.1, 0.15) is 5.82 Å². The van der Waals surface area contributed by atoms with E-state index in [0.717, 1.165) is 31.2 Å². The van der Waals surface area contributed by atoms with E-state index in [1.165, 1.54) is 43.6 Å². The minimum atomic E-state index is -5.08. The number of likely N-dealkylation sites (tertiary alicyclic amines) is 1. The number of hydrogen-bond acceptors (Lipinski definition) is 6. The van der Waals surface area contributed by atoms with Crippen molar-refractivity contribution in [3.63, 3.8) is 0 Å².